The second kappa shape index (κ2) is 6.83. The minimum absolute atomic E-state index is 0.168. The van der Waals surface area contributed by atoms with E-state index in [0.717, 1.165) is 34.4 Å². The number of nitrogens with one attached hydrogen (secondary N) is 1. The van der Waals surface area contributed by atoms with Crippen LogP contribution in [0.25, 0.3) is 0 Å². The van der Waals surface area contributed by atoms with Crippen LogP contribution in [-0.2, 0) is 6.54 Å². The molecular weight excluding hydrogens is 322 g/mol. The predicted molar refractivity (Wildman–Crippen MR) is 80.2 cm³/mol. The minimum atomic E-state index is -0.168. The Bertz CT molecular complexity index is 572. The van der Waals surface area contributed by atoms with Crippen LogP contribution in [0.5, 0.6) is 5.75 Å². The number of hydrogen-bond donors (Lipinski definition) is 2. The summed E-state index contributed by atoms with van der Waals surface area (Å²) in [6.45, 7) is 2.91. The van der Waals surface area contributed by atoms with Gasteiger partial charge < -0.3 is 4.74 Å². The summed E-state index contributed by atoms with van der Waals surface area (Å²) in [4.78, 5) is 0. The molecule has 0 fully saturated rings. The van der Waals surface area contributed by atoms with Gasteiger partial charge in [0.05, 0.1) is 29.5 Å². The Morgan fingerprint density at radius 3 is 2.90 bits per heavy atom. The van der Waals surface area contributed by atoms with Crippen LogP contribution in [-0.4, -0.2) is 22.1 Å². The Balaban J connectivity index is 2.36. The normalized spacial score (nSPS) is 12.4. The van der Waals surface area contributed by atoms with E-state index >= 15 is 0 Å². The number of hydrogen-bond acceptors (Lipinski definition) is 5. The van der Waals surface area contributed by atoms with E-state index in [1.54, 1.807) is 13.3 Å². The highest BCUT2D eigenvalue weighted by atomic mass is 79.9. The second-order valence-electron chi connectivity index (χ2n) is 4.38. The molecule has 2 rings (SSSR count). The summed E-state index contributed by atoms with van der Waals surface area (Å²) >= 11 is 3.49. The number of hydrazine groups is 1. The molecule has 3 N–H and O–H groups in total. The van der Waals surface area contributed by atoms with E-state index in [0.29, 0.717) is 0 Å². The molecule has 1 heterocycles. The third-order valence-corrected chi connectivity index (χ3v) is 3.67. The van der Waals surface area contributed by atoms with Gasteiger partial charge in [-0.15, -0.1) is 5.10 Å². The van der Waals surface area contributed by atoms with E-state index in [1.165, 1.54) is 0 Å². The van der Waals surface area contributed by atoms with Crippen molar-refractivity contribution in [1.29, 1.82) is 0 Å². The molecule has 0 radical (unpaired) electrons. The maximum Gasteiger partial charge on any atom is 0.133 e. The Labute approximate surface area is 126 Å². The fourth-order valence-electron chi connectivity index (χ4n) is 2.09. The van der Waals surface area contributed by atoms with Crippen LogP contribution < -0.4 is 16.0 Å². The molecule has 1 aromatic heterocycles. The molecular formula is C13H18BrN5O. The molecule has 0 saturated heterocycles. The monoisotopic (exact) mass is 339 g/mol. The lowest BCUT2D eigenvalue weighted by molar-refractivity contribution is 0.411. The molecule has 0 saturated carbocycles. The summed E-state index contributed by atoms with van der Waals surface area (Å²) < 4.78 is 7.98. The standard InChI is InChI=1S/C13H18BrN5O/c1-3-6-19-11(8-16-18-19)13(17-15)9-4-5-12(20-2)10(14)7-9/h4-5,7-8,13,17H,3,6,15H2,1-2H3. The first-order chi connectivity index (χ1) is 9.71. The van der Waals surface area contributed by atoms with Crippen LogP contribution >= 0.6 is 15.9 Å². The second-order valence-corrected chi connectivity index (χ2v) is 5.23. The van der Waals surface area contributed by atoms with Crippen molar-refractivity contribution in [3.8, 4) is 5.75 Å². The first-order valence-corrected chi connectivity index (χ1v) is 7.18. The number of aryl methyl sites for hydroxylation is 1. The molecule has 7 heteroatoms. The Kier molecular flexibility index (Phi) is 5.11. The van der Waals surface area contributed by atoms with Crippen molar-refractivity contribution >= 4 is 15.9 Å². The molecule has 0 amide bonds. The van der Waals surface area contributed by atoms with Crippen molar-refractivity contribution in [2.24, 2.45) is 5.84 Å². The van der Waals surface area contributed by atoms with E-state index in [-0.39, 0.29) is 6.04 Å². The molecule has 0 spiro atoms. The van der Waals surface area contributed by atoms with Gasteiger partial charge in [-0.3, -0.25) is 5.84 Å². The highest BCUT2D eigenvalue weighted by Crippen LogP contribution is 2.30. The third kappa shape index (κ3) is 3.00. The maximum atomic E-state index is 5.72. The molecule has 1 unspecified atom stereocenters. The number of halogens is 1. The van der Waals surface area contributed by atoms with Crippen molar-refractivity contribution in [3.05, 3.63) is 40.1 Å². The van der Waals surface area contributed by atoms with Gasteiger partial charge in [-0.1, -0.05) is 18.2 Å². The number of benzene rings is 1. The summed E-state index contributed by atoms with van der Waals surface area (Å²) in [6, 6.07) is 5.68. The summed E-state index contributed by atoms with van der Waals surface area (Å²) in [6.07, 6.45) is 2.72. The smallest absolute Gasteiger partial charge is 0.133 e. The van der Waals surface area contributed by atoms with Crippen LogP contribution in [0.1, 0.15) is 30.6 Å². The fraction of sp³-hybridized carbons (Fsp3) is 0.385. The number of nitrogens with zero attached hydrogens (tertiary/aromatic N) is 3. The van der Waals surface area contributed by atoms with Crippen molar-refractivity contribution in [3.63, 3.8) is 0 Å². The number of rotatable bonds is 6. The minimum Gasteiger partial charge on any atom is -0.496 e. The van der Waals surface area contributed by atoms with Crippen molar-refractivity contribution in [2.75, 3.05) is 7.11 Å². The zero-order chi connectivity index (χ0) is 14.5. The lowest BCUT2D eigenvalue weighted by atomic mass is 10.0. The Hall–Kier alpha value is -1.44. The van der Waals surface area contributed by atoms with E-state index in [2.05, 4.69) is 38.6 Å². The Morgan fingerprint density at radius 1 is 1.50 bits per heavy atom. The van der Waals surface area contributed by atoms with Gasteiger partial charge in [0.1, 0.15) is 5.75 Å². The molecule has 108 valence electrons. The summed E-state index contributed by atoms with van der Waals surface area (Å²) in [5.41, 5.74) is 4.77. The first kappa shape index (κ1) is 15.0. The summed E-state index contributed by atoms with van der Waals surface area (Å²) in [5, 5.41) is 8.06. The van der Waals surface area contributed by atoms with Crippen LogP contribution in [0.15, 0.2) is 28.9 Å². The van der Waals surface area contributed by atoms with Crippen LogP contribution in [0, 0.1) is 0 Å². The van der Waals surface area contributed by atoms with E-state index in [9.17, 15) is 0 Å². The number of aromatic nitrogens is 3. The van der Waals surface area contributed by atoms with E-state index < -0.39 is 0 Å². The molecule has 2 aromatic rings. The number of ether oxygens (including phenoxy) is 1. The van der Waals surface area contributed by atoms with Crippen LogP contribution in [0.4, 0.5) is 0 Å². The van der Waals surface area contributed by atoms with Gasteiger partial charge in [-0.05, 0) is 40.0 Å². The van der Waals surface area contributed by atoms with Gasteiger partial charge in [0.15, 0.2) is 0 Å². The van der Waals surface area contributed by atoms with Gasteiger partial charge in [0, 0.05) is 6.54 Å². The van der Waals surface area contributed by atoms with Gasteiger partial charge in [0.25, 0.3) is 0 Å². The molecule has 0 aliphatic heterocycles. The lowest BCUT2D eigenvalue weighted by Gasteiger charge is -2.18. The summed E-state index contributed by atoms with van der Waals surface area (Å²) in [7, 11) is 1.64. The van der Waals surface area contributed by atoms with Gasteiger partial charge in [0.2, 0.25) is 0 Å². The molecule has 20 heavy (non-hydrogen) atoms. The molecule has 1 atom stereocenters. The number of nitrogens with two attached hydrogens (primary N) is 1. The van der Waals surface area contributed by atoms with Gasteiger partial charge in [-0.2, -0.15) is 0 Å². The zero-order valence-electron chi connectivity index (χ0n) is 11.5. The van der Waals surface area contributed by atoms with Crippen molar-refractivity contribution < 1.29 is 4.74 Å². The van der Waals surface area contributed by atoms with Gasteiger partial charge in [-0.25, -0.2) is 10.1 Å². The van der Waals surface area contributed by atoms with Crippen LogP contribution in [0.3, 0.4) is 0 Å². The van der Waals surface area contributed by atoms with Crippen molar-refractivity contribution in [1.82, 2.24) is 20.4 Å². The SMILES string of the molecule is CCCn1nncc1C(NN)c1ccc(OC)c(Br)c1. The molecule has 6 nitrogen and oxygen atoms in total. The number of methoxy groups -OCH3 is 1. The lowest BCUT2D eigenvalue weighted by Crippen LogP contribution is -2.30. The molecule has 1 aromatic carbocycles. The molecule has 0 aliphatic rings. The van der Waals surface area contributed by atoms with E-state index in [4.69, 9.17) is 10.6 Å². The Morgan fingerprint density at radius 2 is 2.30 bits per heavy atom. The highest BCUT2D eigenvalue weighted by molar-refractivity contribution is 9.10. The van der Waals surface area contributed by atoms with Crippen LogP contribution in [0.2, 0.25) is 0 Å². The van der Waals surface area contributed by atoms with Crippen molar-refractivity contribution in [2.45, 2.75) is 25.9 Å². The predicted octanol–water partition coefficient (Wildman–Crippen LogP) is 2.01. The third-order valence-electron chi connectivity index (χ3n) is 3.05. The van der Waals surface area contributed by atoms with Gasteiger partial charge >= 0.3 is 0 Å². The quantitative estimate of drug-likeness (QED) is 0.621. The largest absolute Gasteiger partial charge is 0.496 e. The average Bonchev–Trinajstić information content (AvgIpc) is 2.89. The first-order valence-electron chi connectivity index (χ1n) is 6.39. The molecule has 0 bridgehead atoms. The highest BCUT2D eigenvalue weighted by Gasteiger charge is 2.18. The van der Waals surface area contributed by atoms with E-state index in [1.807, 2.05) is 22.9 Å². The fourth-order valence-corrected chi connectivity index (χ4v) is 2.65. The topological polar surface area (TPSA) is 78.0 Å². The zero-order valence-corrected chi connectivity index (χ0v) is 13.1. The average molecular weight is 340 g/mol. The maximum absolute atomic E-state index is 5.72. The summed E-state index contributed by atoms with van der Waals surface area (Å²) in [5.74, 6) is 6.50. The molecule has 0 aliphatic carbocycles.